The topological polar surface area (TPSA) is 0 Å². The molecule has 0 bridgehead atoms. The molecule has 26 heavy (non-hydrogen) atoms. The van der Waals surface area contributed by atoms with Crippen LogP contribution in [0, 0.1) is 5.92 Å². The third-order valence-corrected chi connectivity index (χ3v) is 5.60. The molecule has 1 aromatic carbocycles. The molecule has 1 rings (SSSR count). The van der Waals surface area contributed by atoms with Crippen molar-refractivity contribution in [3.05, 3.63) is 41.8 Å². The van der Waals surface area contributed by atoms with Gasteiger partial charge in [0.05, 0.1) is 0 Å². The Morgan fingerprint density at radius 1 is 0.500 bits per heavy atom. The monoisotopic (exact) mass is 357 g/mol. The summed E-state index contributed by atoms with van der Waals surface area (Å²) in [6, 6.07) is 11.2. The number of benzene rings is 1. The second-order valence-electron chi connectivity index (χ2n) is 8.07. The smallest absolute Gasteiger partial charge is 0.00498 e. The van der Waals surface area contributed by atoms with Crippen LogP contribution in [-0.2, 0) is 0 Å². The van der Waals surface area contributed by atoms with Crippen molar-refractivity contribution in [2.24, 2.45) is 0 Å². The van der Waals surface area contributed by atoms with Crippen LogP contribution < -0.4 is 0 Å². The molecule has 0 atom stereocenters. The molecule has 0 aliphatic heterocycles. The molecule has 1 aromatic rings. The molecule has 0 aromatic heterocycles. The Morgan fingerprint density at radius 3 is 1.31 bits per heavy atom. The first-order chi connectivity index (χ1) is 12.9. The van der Waals surface area contributed by atoms with Crippen molar-refractivity contribution in [1.29, 1.82) is 0 Å². The van der Waals surface area contributed by atoms with E-state index in [0.717, 1.165) is 0 Å². The van der Waals surface area contributed by atoms with Gasteiger partial charge in [-0.25, -0.2) is 0 Å². The van der Waals surface area contributed by atoms with Gasteiger partial charge in [0, 0.05) is 5.92 Å². The summed E-state index contributed by atoms with van der Waals surface area (Å²) in [6.07, 6.45) is 23.8. The summed E-state index contributed by atoms with van der Waals surface area (Å²) in [7, 11) is 0. The van der Waals surface area contributed by atoms with E-state index >= 15 is 0 Å². The van der Waals surface area contributed by atoms with Crippen LogP contribution in [0.5, 0.6) is 0 Å². The maximum atomic E-state index is 2.32. The van der Waals surface area contributed by atoms with E-state index in [1.54, 1.807) is 5.92 Å². The zero-order chi connectivity index (χ0) is 18.7. The van der Waals surface area contributed by atoms with E-state index in [9.17, 15) is 0 Å². The van der Waals surface area contributed by atoms with Gasteiger partial charge in [-0.05, 0) is 18.4 Å². The summed E-state index contributed by atoms with van der Waals surface area (Å²) in [4.78, 5) is 0. The minimum atomic E-state index is 1.31. The molecule has 0 spiro atoms. The summed E-state index contributed by atoms with van der Waals surface area (Å²) in [6.45, 7) is 4.60. The van der Waals surface area contributed by atoms with Crippen LogP contribution in [0.4, 0.5) is 0 Å². The lowest BCUT2D eigenvalue weighted by Crippen LogP contribution is -2.01. The quantitative estimate of drug-likeness (QED) is 0.230. The van der Waals surface area contributed by atoms with Crippen molar-refractivity contribution in [3.8, 4) is 0 Å². The third kappa shape index (κ3) is 12.6. The van der Waals surface area contributed by atoms with E-state index in [1.807, 2.05) is 0 Å². The normalized spacial score (nSPS) is 11.3. The first-order valence-electron chi connectivity index (χ1n) is 11.8. The van der Waals surface area contributed by atoms with E-state index in [0.29, 0.717) is 0 Å². The Labute approximate surface area is 165 Å². The van der Waals surface area contributed by atoms with Crippen LogP contribution >= 0.6 is 0 Å². The Hall–Kier alpha value is -0.780. The Morgan fingerprint density at radius 2 is 0.885 bits per heavy atom. The van der Waals surface area contributed by atoms with Crippen molar-refractivity contribution in [2.75, 3.05) is 0 Å². The fraction of sp³-hybridized carbons (Fsp3) is 0.731. The molecule has 0 saturated heterocycles. The van der Waals surface area contributed by atoms with Crippen molar-refractivity contribution in [2.45, 2.75) is 123 Å². The van der Waals surface area contributed by atoms with Crippen molar-refractivity contribution in [1.82, 2.24) is 0 Å². The summed E-state index contributed by atoms with van der Waals surface area (Å²) >= 11 is 0. The van der Waals surface area contributed by atoms with Crippen LogP contribution in [0.2, 0.25) is 0 Å². The molecule has 0 amide bonds. The van der Waals surface area contributed by atoms with Gasteiger partial charge in [-0.3, -0.25) is 0 Å². The van der Waals surface area contributed by atoms with Gasteiger partial charge in [-0.1, -0.05) is 140 Å². The SMILES string of the molecule is CCCCCCCCCC[C](CCCCCCCCC)c1ccccc1. The Balaban J connectivity index is 2.19. The van der Waals surface area contributed by atoms with Gasteiger partial charge in [0.15, 0.2) is 0 Å². The highest BCUT2D eigenvalue weighted by Gasteiger charge is 2.11. The fourth-order valence-corrected chi connectivity index (χ4v) is 3.86. The molecule has 149 valence electrons. The fourth-order valence-electron chi connectivity index (χ4n) is 3.86. The minimum absolute atomic E-state index is 1.31. The van der Waals surface area contributed by atoms with Gasteiger partial charge < -0.3 is 0 Å². The molecule has 0 N–H and O–H groups in total. The standard InChI is InChI=1S/C26H45/c1-3-5-7-9-11-13-15-18-22-25(26-23-19-16-20-24-26)21-17-14-12-10-8-6-4-2/h16,19-20,23-24H,3-15,17-18,21-22H2,1-2H3. The highest BCUT2D eigenvalue weighted by Crippen LogP contribution is 2.27. The second kappa shape index (κ2) is 17.6. The number of unbranched alkanes of at least 4 members (excludes halogenated alkanes) is 13. The van der Waals surface area contributed by atoms with Gasteiger partial charge in [-0.2, -0.15) is 0 Å². The van der Waals surface area contributed by atoms with Crippen LogP contribution in [-0.4, -0.2) is 0 Å². The molecular weight excluding hydrogens is 312 g/mol. The Bertz CT molecular complexity index is 380. The first kappa shape index (κ1) is 23.3. The molecule has 0 nitrogen and oxygen atoms in total. The summed E-state index contributed by atoms with van der Waals surface area (Å²) in [5.74, 6) is 1.71. The average Bonchev–Trinajstić information content (AvgIpc) is 2.68. The molecule has 0 unspecified atom stereocenters. The molecule has 0 aliphatic rings. The lowest BCUT2D eigenvalue weighted by atomic mass is 9.88. The molecule has 0 heteroatoms. The molecule has 0 aliphatic carbocycles. The van der Waals surface area contributed by atoms with E-state index < -0.39 is 0 Å². The number of hydrogen-bond donors (Lipinski definition) is 0. The first-order valence-corrected chi connectivity index (χ1v) is 11.8. The van der Waals surface area contributed by atoms with Crippen molar-refractivity contribution >= 4 is 0 Å². The van der Waals surface area contributed by atoms with E-state index in [4.69, 9.17) is 0 Å². The Kier molecular flexibility index (Phi) is 15.8. The van der Waals surface area contributed by atoms with Crippen LogP contribution in [0.25, 0.3) is 0 Å². The lowest BCUT2D eigenvalue weighted by Gasteiger charge is -2.17. The third-order valence-electron chi connectivity index (χ3n) is 5.60. The predicted octanol–water partition coefficient (Wildman–Crippen LogP) is 9.28. The zero-order valence-corrected chi connectivity index (χ0v) is 17.9. The largest absolute Gasteiger partial charge is 0.0654 e. The van der Waals surface area contributed by atoms with E-state index in [2.05, 4.69) is 44.2 Å². The highest BCUT2D eigenvalue weighted by molar-refractivity contribution is 5.30. The van der Waals surface area contributed by atoms with Gasteiger partial charge in [0.2, 0.25) is 0 Å². The van der Waals surface area contributed by atoms with Gasteiger partial charge in [0.25, 0.3) is 0 Å². The van der Waals surface area contributed by atoms with Gasteiger partial charge in [-0.15, -0.1) is 0 Å². The van der Waals surface area contributed by atoms with Crippen molar-refractivity contribution in [3.63, 3.8) is 0 Å². The second-order valence-corrected chi connectivity index (χ2v) is 8.07. The molecule has 0 saturated carbocycles. The van der Waals surface area contributed by atoms with Crippen LogP contribution in [0.1, 0.15) is 129 Å². The van der Waals surface area contributed by atoms with E-state index in [-0.39, 0.29) is 0 Å². The molecular formula is C26H45. The maximum Gasteiger partial charge on any atom is 0.00498 e. The van der Waals surface area contributed by atoms with Crippen LogP contribution in [0.3, 0.4) is 0 Å². The summed E-state index contributed by atoms with van der Waals surface area (Å²) in [5.41, 5.74) is 1.50. The van der Waals surface area contributed by atoms with E-state index in [1.165, 1.54) is 115 Å². The lowest BCUT2D eigenvalue weighted by molar-refractivity contribution is 0.549. The average molecular weight is 358 g/mol. The van der Waals surface area contributed by atoms with Gasteiger partial charge in [0.1, 0.15) is 0 Å². The highest BCUT2D eigenvalue weighted by atomic mass is 14.2. The van der Waals surface area contributed by atoms with Crippen LogP contribution in [0.15, 0.2) is 30.3 Å². The zero-order valence-electron chi connectivity index (χ0n) is 17.9. The number of rotatable bonds is 18. The molecule has 0 fully saturated rings. The molecule has 1 radical (unpaired) electrons. The number of hydrogen-bond acceptors (Lipinski definition) is 0. The predicted molar refractivity (Wildman–Crippen MR) is 119 cm³/mol. The summed E-state index contributed by atoms with van der Waals surface area (Å²) in [5, 5.41) is 0. The summed E-state index contributed by atoms with van der Waals surface area (Å²) < 4.78 is 0. The minimum Gasteiger partial charge on any atom is -0.0654 e. The molecule has 0 heterocycles. The van der Waals surface area contributed by atoms with Crippen molar-refractivity contribution < 1.29 is 0 Å². The van der Waals surface area contributed by atoms with Gasteiger partial charge >= 0.3 is 0 Å². The maximum absolute atomic E-state index is 2.32.